The minimum absolute atomic E-state index is 0.105. The number of pyridine rings is 1. The summed E-state index contributed by atoms with van der Waals surface area (Å²) in [5.74, 6) is 0.873. The summed E-state index contributed by atoms with van der Waals surface area (Å²) in [5, 5.41) is 21.7. The van der Waals surface area contributed by atoms with Crippen LogP contribution in [-0.4, -0.2) is 63.9 Å². The zero-order valence-corrected chi connectivity index (χ0v) is 21.5. The van der Waals surface area contributed by atoms with Gasteiger partial charge in [0, 0.05) is 35.7 Å². The summed E-state index contributed by atoms with van der Waals surface area (Å²) in [6.07, 6.45) is 10.8. The second-order valence-electron chi connectivity index (χ2n) is 9.97. The van der Waals surface area contributed by atoms with Crippen molar-refractivity contribution in [1.29, 1.82) is 0 Å². The average molecular weight is 502 g/mol. The molecule has 35 heavy (non-hydrogen) atoms. The van der Waals surface area contributed by atoms with Crippen LogP contribution in [0.1, 0.15) is 63.0 Å². The lowest BCUT2D eigenvalue weighted by atomic mass is 9.81. The van der Waals surface area contributed by atoms with Crippen molar-refractivity contribution in [2.45, 2.75) is 62.7 Å². The molecule has 0 spiro atoms. The molecule has 1 aliphatic carbocycles. The summed E-state index contributed by atoms with van der Waals surface area (Å²) in [6.45, 7) is 2.55. The van der Waals surface area contributed by atoms with Gasteiger partial charge in [-0.3, -0.25) is 9.78 Å². The van der Waals surface area contributed by atoms with E-state index in [1.807, 2.05) is 24.3 Å². The Balaban J connectivity index is 1.34. The number of hydroxylamine groups is 1. The van der Waals surface area contributed by atoms with Gasteiger partial charge >= 0.3 is 5.97 Å². The molecule has 2 heterocycles. The van der Waals surface area contributed by atoms with Crippen LogP contribution in [-0.2, 0) is 4.79 Å². The van der Waals surface area contributed by atoms with Crippen LogP contribution in [0.4, 0.5) is 0 Å². The van der Waals surface area contributed by atoms with E-state index in [9.17, 15) is 15.1 Å². The highest BCUT2D eigenvalue weighted by Crippen LogP contribution is 2.34. The number of carboxylic acid groups (broad SMARTS) is 1. The van der Waals surface area contributed by atoms with E-state index in [4.69, 9.17) is 4.74 Å². The van der Waals surface area contributed by atoms with Crippen molar-refractivity contribution in [2.75, 3.05) is 32.5 Å². The van der Waals surface area contributed by atoms with E-state index < -0.39 is 5.97 Å². The number of benzene rings is 1. The van der Waals surface area contributed by atoms with Gasteiger partial charge in [-0.25, -0.2) is 0 Å². The highest BCUT2D eigenvalue weighted by Gasteiger charge is 2.34. The van der Waals surface area contributed by atoms with Gasteiger partial charge in [0.25, 0.3) is 0 Å². The number of rotatable bonds is 11. The Morgan fingerprint density at radius 2 is 2.09 bits per heavy atom. The van der Waals surface area contributed by atoms with Crippen LogP contribution in [0.5, 0.6) is 5.75 Å². The summed E-state index contributed by atoms with van der Waals surface area (Å²) in [4.78, 5) is 18.9. The van der Waals surface area contributed by atoms with Gasteiger partial charge in [0.15, 0.2) is 0 Å². The van der Waals surface area contributed by atoms with Crippen LogP contribution >= 0.6 is 11.8 Å². The molecule has 3 atom stereocenters. The lowest BCUT2D eigenvalue weighted by molar-refractivity contribution is -0.146. The molecule has 4 rings (SSSR count). The predicted octanol–water partition coefficient (Wildman–Crippen LogP) is 5.13. The Morgan fingerprint density at radius 3 is 2.83 bits per heavy atom. The number of aliphatic carboxylic acids is 1. The van der Waals surface area contributed by atoms with Gasteiger partial charge in [-0.2, -0.15) is 17.2 Å². The molecule has 2 fully saturated rings. The van der Waals surface area contributed by atoms with Crippen LogP contribution in [0.3, 0.4) is 0 Å². The van der Waals surface area contributed by atoms with Crippen LogP contribution < -0.4 is 10.2 Å². The highest BCUT2D eigenvalue weighted by atomic mass is 32.2. The Morgan fingerprint density at radius 1 is 1.26 bits per heavy atom. The quantitative estimate of drug-likeness (QED) is 0.365. The number of methoxy groups -OCH3 is 1. The molecule has 3 N–H and O–H groups in total. The van der Waals surface area contributed by atoms with Gasteiger partial charge in [-0.1, -0.05) is 19.3 Å². The molecule has 1 saturated heterocycles. The first-order valence-electron chi connectivity index (χ1n) is 13.0. The summed E-state index contributed by atoms with van der Waals surface area (Å²) < 4.78 is 5.38. The fraction of sp³-hybridized carbons (Fsp3) is 0.630. The van der Waals surface area contributed by atoms with Gasteiger partial charge in [-0.15, -0.1) is 0 Å². The third-order valence-corrected chi connectivity index (χ3v) is 9.17. The minimum atomic E-state index is -0.702. The number of ether oxygens (including phenoxy) is 1. The maximum Gasteiger partial charge on any atom is 0.308 e. The van der Waals surface area contributed by atoms with Crippen LogP contribution in [0, 0.1) is 11.8 Å². The molecule has 2 aromatic rings. The van der Waals surface area contributed by atoms with Gasteiger partial charge in [-0.05, 0) is 74.4 Å². The largest absolute Gasteiger partial charge is 0.497 e. The van der Waals surface area contributed by atoms with Crippen molar-refractivity contribution < 1.29 is 19.8 Å². The van der Waals surface area contributed by atoms with Crippen LogP contribution in [0.15, 0.2) is 30.5 Å². The third kappa shape index (κ3) is 6.88. The van der Waals surface area contributed by atoms with E-state index in [0.717, 1.165) is 59.1 Å². The van der Waals surface area contributed by atoms with E-state index in [-0.39, 0.29) is 17.9 Å². The summed E-state index contributed by atoms with van der Waals surface area (Å²) in [6, 6.07) is 7.34. The average Bonchev–Trinajstić information content (AvgIpc) is 2.89. The van der Waals surface area contributed by atoms with Crippen molar-refractivity contribution in [1.82, 2.24) is 15.4 Å². The number of fused-ring (bicyclic) bond motifs is 1. The molecule has 0 radical (unpaired) electrons. The molecular formula is C27H39N3O4S. The normalized spacial score (nSPS) is 22.8. The van der Waals surface area contributed by atoms with E-state index in [1.54, 1.807) is 13.3 Å². The summed E-state index contributed by atoms with van der Waals surface area (Å²) in [7, 11) is 1.63. The Kier molecular flexibility index (Phi) is 9.66. The van der Waals surface area contributed by atoms with Crippen molar-refractivity contribution in [3.8, 4) is 5.75 Å². The number of carbonyl (C=O) groups is 1. The maximum absolute atomic E-state index is 12.1. The minimum Gasteiger partial charge on any atom is -0.497 e. The third-order valence-electron chi connectivity index (χ3n) is 7.81. The standard InChI is InChI=1S/C27H39N3O4S/c1-34-20-8-10-25-23(17-20)22(11-13-28-25)26(29-33)9-7-19-12-14-30(18-24(19)27(31)32)15-16-35-21-5-3-2-4-6-21/h8,10-11,13,17,19,21,24,26,29,33H,2-7,9,12,14-16,18H2,1H3,(H,31,32)/t19-,24+,26?/m1/s1. The number of nitrogens with one attached hydrogen (secondary N) is 1. The predicted molar refractivity (Wildman–Crippen MR) is 140 cm³/mol. The zero-order chi connectivity index (χ0) is 24.6. The molecular weight excluding hydrogens is 462 g/mol. The second kappa shape index (κ2) is 12.9. The molecule has 1 aromatic carbocycles. The monoisotopic (exact) mass is 501 g/mol. The zero-order valence-electron chi connectivity index (χ0n) is 20.7. The smallest absolute Gasteiger partial charge is 0.308 e. The number of carboxylic acids is 1. The lowest BCUT2D eigenvalue weighted by Gasteiger charge is -2.37. The fourth-order valence-electron chi connectivity index (χ4n) is 5.72. The summed E-state index contributed by atoms with van der Waals surface area (Å²) in [5.41, 5.74) is 4.25. The number of hydrogen-bond donors (Lipinski definition) is 3. The molecule has 8 heteroatoms. The van der Waals surface area contributed by atoms with Gasteiger partial charge in [0.1, 0.15) is 5.75 Å². The first kappa shape index (κ1) is 26.2. The van der Waals surface area contributed by atoms with E-state index in [0.29, 0.717) is 13.0 Å². The van der Waals surface area contributed by atoms with Gasteiger partial charge in [0.05, 0.1) is 24.6 Å². The molecule has 1 aliphatic heterocycles. The second-order valence-corrected chi connectivity index (χ2v) is 11.4. The number of hydrogen-bond acceptors (Lipinski definition) is 7. The highest BCUT2D eigenvalue weighted by molar-refractivity contribution is 7.99. The van der Waals surface area contributed by atoms with Crippen molar-refractivity contribution in [3.05, 3.63) is 36.0 Å². The molecule has 7 nitrogen and oxygen atoms in total. The van der Waals surface area contributed by atoms with Gasteiger partial charge < -0.3 is 20.0 Å². The van der Waals surface area contributed by atoms with E-state index >= 15 is 0 Å². The number of thioether (sulfide) groups is 1. The lowest BCUT2D eigenvalue weighted by Crippen LogP contribution is -2.45. The van der Waals surface area contributed by atoms with Gasteiger partial charge in [0.2, 0.25) is 0 Å². The number of piperidine rings is 1. The molecule has 192 valence electrons. The molecule has 1 saturated carbocycles. The first-order chi connectivity index (χ1) is 17.1. The number of likely N-dealkylation sites (tertiary alicyclic amines) is 1. The summed E-state index contributed by atoms with van der Waals surface area (Å²) >= 11 is 2.08. The van der Waals surface area contributed by atoms with Crippen LogP contribution in [0.2, 0.25) is 0 Å². The van der Waals surface area contributed by atoms with Crippen molar-refractivity contribution >= 4 is 28.6 Å². The van der Waals surface area contributed by atoms with Crippen molar-refractivity contribution in [3.63, 3.8) is 0 Å². The van der Waals surface area contributed by atoms with E-state index in [2.05, 4.69) is 27.1 Å². The fourth-order valence-corrected chi connectivity index (χ4v) is 7.09. The SMILES string of the molecule is COc1ccc2nccc(C(CC[C@@H]3CCN(CCSC4CCCCC4)C[C@@H]3C(=O)O)NO)c2c1. The Labute approximate surface area is 212 Å². The molecule has 2 aliphatic rings. The number of nitrogens with zero attached hydrogens (tertiary/aromatic N) is 2. The molecule has 1 aromatic heterocycles. The molecule has 0 bridgehead atoms. The van der Waals surface area contributed by atoms with Crippen LogP contribution in [0.25, 0.3) is 10.9 Å². The van der Waals surface area contributed by atoms with E-state index in [1.165, 1.54) is 32.1 Å². The first-order valence-corrected chi connectivity index (χ1v) is 14.0. The Bertz CT molecular complexity index is 969. The molecule has 0 amide bonds. The molecule has 1 unspecified atom stereocenters. The number of aromatic nitrogens is 1. The topological polar surface area (TPSA) is 94.9 Å². The van der Waals surface area contributed by atoms with Crippen molar-refractivity contribution in [2.24, 2.45) is 11.8 Å². The Hall–Kier alpha value is -1.87. The maximum atomic E-state index is 12.1.